The summed E-state index contributed by atoms with van der Waals surface area (Å²) >= 11 is 0. The van der Waals surface area contributed by atoms with Crippen molar-refractivity contribution >= 4 is 28.6 Å². The standard InChI is InChI=1S/C10H11N3O3/c1-2-15-10(14)12-6-3-4-8-7(5-6)9(11)13-16-8/h3-5H,2H2,1H3,(H2,11,13)(H,12,14). The van der Waals surface area contributed by atoms with Crippen LogP contribution in [0.2, 0.25) is 0 Å². The molecule has 0 unspecified atom stereocenters. The second-order valence-electron chi connectivity index (χ2n) is 3.12. The zero-order valence-corrected chi connectivity index (χ0v) is 8.69. The van der Waals surface area contributed by atoms with Crippen molar-refractivity contribution < 1.29 is 14.1 Å². The molecule has 0 atom stereocenters. The van der Waals surface area contributed by atoms with E-state index in [2.05, 4.69) is 10.5 Å². The number of nitrogens with one attached hydrogen (secondary N) is 1. The van der Waals surface area contributed by atoms with Crippen molar-refractivity contribution in [3.8, 4) is 0 Å². The van der Waals surface area contributed by atoms with Gasteiger partial charge in [-0.05, 0) is 25.1 Å². The Kier molecular flexibility index (Phi) is 2.63. The monoisotopic (exact) mass is 221 g/mol. The van der Waals surface area contributed by atoms with Gasteiger partial charge in [-0.15, -0.1) is 0 Å². The summed E-state index contributed by atoms with van der Waals surface area (Å²) in [5.74, 6) is 0.294. The predicted octanol–water partition coefficient (Wildman–Crippen LogP) is 1.98. The molecule has 0 spiro atoms. The summed E-state index contributed by atoms with van der Waals surface area (Å²) in [5.41, 5.74) is 6.75. The Balaban J connectivity index is 2.25. The maximum Gasteiger partial charge on any atom is 0.411 e. The molecular weight excluding hydrogens is 210 g/mol. The van der Waals surface area contributed by atoms with Crippen molar-refractivity contribution in [2.75, 3.05) is 17.7 Å². The fraction of sp³-hybridized carbons (Fsp3) is 0.200. The summed E-state index contributed by atoms with van der Waals surface area (Å²) in [6.45, 7) is 2.06. The third-order valence-corrected chi connectivity index (χ3v) is 2.02. The van der Waals surface area contributed by atoms with E-state index < -0.39 is 6.09 Å². The lowest BCUT2D eigenvalue weighted by Crippen LogP contribution is -2.13. The van der Waals surface area contributed by atoms with Crippen molar-refractivity contribution in [1.82, 2.24) is 5.16 Å². The van der Waals surface area contributed by atoms with Crippen molar-refractivity contribution in [2.45, 2.75) is 6.92 Å². The van der Waals surface area contributed by atoms with Crippen LogP contribution in [0.25, 0.3) is 11.0 Å². The molecule has 0 aliphatic carbocycles. The maximum atomic E-state index is 11.2. The third kappa shape index (κ3) is 1.90. The van der Waals surface area contributed by atoms with Crippen LogP contribution in [-0.2, 0) is 4.74 Å². The number of rotatable bonds is 2. The average Bonchev–Trinajstić information content (AvgIpc) is 2.61. The molecule has 0 bridgehead atoms. The number of amides is 1. The Labute approximate surface area is 91.3 Å². The molecule has 1 heterocycles. The zero-order chi connectivity index (χ0) is 11.5. The summed E-state index contributed by atoms with van der Waals surface area (Å²) in [5, 5.41) is 6.84. The Morgan fingerprint density at radius 2 is 2.44 bits per heavy atom. The molecule has 2 aromatic rings. The number of hydrogen-bond donors (Lipinski definition) is 2. The molecule has 0 saturated heterocycles. The number of aromatic nitrogens is 1. The van der Waals surface area contributed by atoms with Gasteiger partial charge in [0.05, 0.1) is 12.0 Å². The molecule has 0 saturated carbocycles. The molecular formula is C10H11N3O3. The van der Waals surface area contributed by atoms with E-state index in [9.17, 15) is 4.79 Å². The Hall–Kier alpha value is -2.24. The van der Waals surface area contributed by atoms with Crippen LogP contribution in [0.3, 0.4) is 0 Å². The average molecular weight is 221 g/mol. The second kappa shape index (κ2) is 4.09. The van der Waals surface area contributed by atoms with Gasteiger partial charge in [0.15, 0.2) is 11.4 Å². The number of fused-ring (bicyclic) bond motifs is 1. The van der Waals surface area contributed by atoms with Crippen molar-refractivity contribution in [1.29, 1.82) is 0 Å². The quantitative estimate of drug-likeness (QED) is 0.809. The minimum atomic E-state index is -0.503. The van der Waals surface area contributed by atoms with Crippen LogP contribution in [0.1, 0.15) is 6.92 Å². The fourth-order valence-electron chi connectivity index (χ4n) is 1.32. The molecule has 16 heavy (non-hydrogen) atoms. The molecule has 0 fully saturated rings. The van der Waals surface area contributed by atoms with Crippen molar-refractivity contribution in [3.05, 3.63) is 18.2 Å². The first-order chi connectivity index (χ1) is 7.70. The number of carbonyl (C=O) groups excluding carboxylic acids is 1. The normalized spacial score (nSPS) is 10.3. The Morgan fingerprint density at radius 3 is 3.19 bits per heavy atom. The molecule has 2 rings (SSSR count). The van der Waals surface area contributed by atoms with Crippen LogP contribution < -0.4 is 11.1 Å². The molecule has 0 radical (unpaired) electrons. The molecule has 0 aliphatic rings. The highest BCUT2D eigenvalue weighted by Crippen LogP contribution is 2.23. The van der Waals surface area contributed by atoms with Crippen LogP contribution in [0.5, 0.6) is 0 Å². The van der Waals surface area contributed by atoms with Gasteiger partial charge in [0, 0.05) is 5.69 Å². The third-order valence-electron chi connectivity index (χ3n) is 2.02. The van der Waals surface area contributed by atoms with Crippen molar-refractivity contribution in [3.63, 3.8) is 0 Å². The van der Waals surface area contributed by atoms with E-state index in [-0.39, 0.29) is 0 Å². The molecule has 84 valence electrons. The number of hydrogen-bond acceptors (Lipinski definition) is 5. The van der Waals surface area contributed by atoms with Gasteiger partial charge in [0.25, 0.3) is 0 Å². The first kappa shape index (κ1) is 10.3. The maximum absolute atomic E-state index is 11.2. The lowest BCUT2D eigenvalue weighted by atomic mass is 10.2. The van der Waals surface area contributed by atoms with Gasteiger partial charge >= 0.3 is 6.09 Å². The van der Waals surface area contributed by atoms with Gasteiger partial charge in [-0.25, -0.2) is 4.79 Å². The number of carbonyl (C=O) groups is 1. The summed E-state index contributed by atoms with van der Waals surface area (Å²) in [4.78, 5) is 11.2. The molecule has 6 nitrogen and oxygen atoms in total. The topological polar surface area (TPSA) is 90.4 Å². The Bertz CT molecular complexity index is 521. The van der Waals surface area contributed by atoms with Gasteiger partial charge in [0.1, 0.15) is 0 Å². The second-order valence-corrected chi connectivity index (χ2v) is 3.12. The van der Waals surface area contributed by atoms with E-state index in [1.54, 1.807) is 25.1 Å². The van der Waals surface area contributed by atoms with Crippen LogP contribution in [0.4, 0.5) is 16.3 Å². The summed E-state index contributed by atoms with van der Waals surface area (Å²) in [7, 11) is 0. The van der Waals surface area contributed by atoms with E-state index in [0.29, 0.717) is 29.1 Å². The number of ether oxygens (including phenoxy) is 1. The largest absolute Gasteiger partial charge is 0.450 e. The lowest BCUT2D eigenvalue weighted by Gasteiger charge is -2.04. The number of nitrogen functional groups attached to an aromatic ring is 1. The first-order valence-electron chi connectivity index (χ1n) is 4.79. The Morgan fingerprint density at radius 1 is 1.62 bits per heavy atom. The van der Waals surface area contributed by atoms with Gasteiger partial charge < -0.3 is 15.0 Å². The number of nitrogens with zero attached hydrogens (tertiary/aromatic N) is 1. The summed E-state index contributed by atoms with van der Waals surface area (Å²) < 4.78 is 9.69. The van der Waals surface area contributed by atoms with E-state index >= 15 is 0 Å². The van der Waals surface area contributed by atoms with Crippen LogP contribution in [-0.4, -0.2) is 17.9 Å². The van der Waals surface area contributed by atoms with Crippen LogP contribution in [0.15, 0.2) is 22.7 Å². The zero-order valence-electron chi connectivity index (χ0n) is 8.69. The molecule has 1 aromatic carbocycles. The molecule has 1 amide bonds. The molecule has 0 aliphatic heterocycles. The minimum absolute atomic E-state index is 0.294. The number of nitrogens with two attached hydrogens (primary N) is 1. The van der Waals surface area contributed by atoms with Crippen molar-refractivity contribution in [2.24, 2.45) is 0 Å². The smallest absolute Gasteiger partial charge is 0.411 e. The van der Waals surface area contributed by atoms with Gasteiger partial charge in [0.2, 0.25) is 0 Å². The van der Waals surface area contributed by atoms with Gasteiger partial charge in [-0.2, -0.15) is 0 Å². The number of benzene rings is 1. The molecule has 1 aromatic heterocycles. The predicted molar refractivity (Wildman–Crippen MR) is 59.1 cm³/mol. The van der Waals surface area contributed by atoms with Gasteiger partial charge in [-0.3, -0.25) is 5.32 Å². The van der Waals surface area contributed by atoms with Crippen LogP contribution in [0, 0.1) is 0 Å². The van der Waals surface area contributed by atoms with E-state index in [1.807, 2.05) is 0 Å². The summed E-state index contributed by atoms with van der Waals surface area (Å²) in [6.07, 6.45) is -0.503. The first-order valence-corrected chi connectivity index (χ1v) is 4.79. The van der Waals surface area contributed by atoms with E-state index in [4.69, 9.17) is 15.0 Å². The minimum Gasteiger partial charge on any atom is -0.450 e. The number of anilines is 2. The molecule has 6 heteroatoms. The lowest BCUT2D eigenvalue weighted by molar-refractivity contribution is 0.168. The van der Waals surface area contributed by atoms with E-state index in [1.165, 1.54) is 0 Å². The van der Waals surface area contributed by atoms with Crippen LogP contribution >= 0.6 is 0 Å². The fourth-order valence-corrected chi connectivity index (χ4v) is 1.32. The highest BCUT2D eigenvalue weighted by atomic mass is 16.5. The SMILES string of the molecule is CCOC(=O)Nc1ccc2onc(N)c2c1. The highest BCUT2D eigenvalue weighted by molar-refractivity contribution is 5.93. The summed E-state index contributed by atoms with van der Waals surface area (Å²) in [6, 6.07) is 5.04. The van der Waals surface area contributed by atoms with Gasteiger partial charge in [-0.1, -0.05) is 5.16 Å². The molecule has 3 N–H and O–H groups in total. The van der Waals surface area contributed by atoms with E-state index in [0.717, 1.165) is 0 Å². The highest BCUT2D eigenvalue weighted by Gasteiger charge is 2.07.